The fourth-order valence-electron chi connectivity index (χ4n) is 1.71. The molecule has 0 aliphatic carbocycles. The maximum absolute atomic E-state index is 11.2. The van der Waals surface area contributed by atoms with Gasteiger partial charge in [-0.25, -0.2) is 0 Å². The summed E-state index contributed by atoms with van der Waals surface area (Å²) in [6.45, 7) is 2.14. The van der Waals surface area contributed by atoms with Crippen molar-refractivity contribution in [2.24, 2.45) is 0 Å². The normalized spacial score (nSPS) is 10.2. The van der Waals surface area contributed by atoms with Crippen LogP contribution in [-0.2, 0) is 11.3 Å². The molecule has 0 fully saturated rings. The second-order valence-corrected chi connectivity index (χ2v) is 4.26. The molecule has 0 radical (unpaired) electrons. The first-order chi connectivity index (χ1) is 9.19. The lowest BCUT2D eigenvalue weighted by atomic mass is 10.1. The fraction of sp³-hybridized carbons (Fsp3) is 0.188. The number of ether oxygens (including phenoxy) is 2. The molecular weight excluding hydrogens is 240 g/mol. The van der Waals surface area contributed by atoms with Gasteiger partial charge in [-0.15, -0.1) is 0 Å². The molecule has 0 unspecified atom stereocenters. The first-order valence-corrected chi connectivity index (χ1v) is 6.06. The van der Waals surface area contributed by atoms with Gasteiger partial charge in [0.2, 0.25) is 0 Å². The van der Waals surface area contributed by atoms with Crippen LogP contribution in [0.5, 0.6) is 11.5 Å². The third kappa shape index (κ3) is 3.66. The van der Waals surface area contributed by atoms with Crippen LogP contribution in [0.3, 0.4) is 0 Å². The number of methoxy groups -OCH3 is 1. The molecule has 0 aliphatic rings. The Bertz CT molecular complexity index is 541. The van der Waals surface area contributed by atoms with Gasteiger partial charge in [0, 0.05) is 12.7 Å². The molecule has 3 heteroatoms. The zero-order valence-corrected chi connectivity index (χ0v) is 11.1. The van der Waals surface area contributed by atoms with Crippen molar-refractivity contribution in [2.45, 2.75) is 13.5 Å². The highest BCUT2D eigenvalue weighted by Gasteiger charge is 2.01. The summed E-state index contributed by atoms with van der Waals surface area (Å²) in [5.74, 6) is 1.52. The van der Waals surface area contributed by atoms with E-state index in [1.54, 1.807) is 38.3 Å². The highest BCUT2D eigenvalue weighted by atomic mass is 16.5. The lowest BCUT2D eigenvalue weighted by molar-refractivity contribution is 0.101. The standard InChI is InChI=1S/C16H16O3/c1-12(17)14-5-9-16(10-6-14)19-15-7-3-13(4-8-15)11-18-2/h3-10H,11H2,1-2H3. The van der Waals surface area contributed by atoms with Gasteiger partial charge in [0.05, 0.1) is 6.61 Å². The molecule has 0 saturated heterocycles. The van der Waals surface area contributed by atoms with Crippen molar-refractivity contribution in [3.05, 3.63) is 59.7 Å². The average Bonchev–Trinajstić information content (AvgIpc) is 2.42. The molecule has 2 aromatic carbocycles. The molecule has 2 aromatic rings. The Balaban J connectivity index is 2.06. The zero-order chi connectivity index (χ0) is 13.7. The first-order valence-electron chi connectivity index (χ1n) is 6.06. The summed E-state index contributed by atoms with van der Waals surface area (Å²) in [5, 5.41) is 0. The Morgan fingerprint density at radius 2 is 1.47 bits per heavy atom. The molecule has 0 amide bonds. The molecule has 3 nitrogen and oxygen atoms in total. The Labute approximate surface area is 112 Å². The van der Waals surface area contributed by atoms with Crippen LogP contribution in [0.25, 0.3) is 0 Å². The van der Waals surface area contributed by atoms with Crippen LogP contribution in [0, 0.1) is 0 Å². The molecule has 98 valence electrons. The predicted molar refractivity (Wildman–Crippen MR) is 73.7 cm³/mol. The maximum atomic E-state index is 11.2. The second-order valence-electron chi connectivity index (χ2n) is 4.26. The fourth-order valence-corrected chi connectivity index (χ4v) is 1.71. The van der Waals surface area contributed by atoms with Crippen molar-refractivity contribution in [1.29, 1.82) is 0 Å². The van der Waals surface area contributed by atoms with E-state index in [1.165, 1.54) is 0 Å². The van der Waals surface area contributed by atoms with Crippen molar-refractivity contribution in [2.75, 3.05) is 7.11 Å². The van der Waals surface area contributed by atoms with Crippen molar-refractivity contribution >= 4 is 5.78 Å². The topological polar surface area (TPSA) is 35.5 Å². The number of carbonyl (C=O) groups excluding carboxylic acids is 1. The molecule has 19 heavy (non-hydrogen) atoms. The van der Waals surface area contributed by atoms with E-state index < -0.39 is 0 Å². The van der Waals surface area contributed by atoms with Gasteiger partial charge in [-0.05, 0) is 48.9 Å². The highest BCUT2D eigenvalue weighted by molar-refractivity contribution is 5.94. The van der Waals surface area contributed by atoms with Gasteiger partial charge in [0.25, 0.3) is 0 Å². The summed E-state index contributed by atoms with van der Waals surface area (Å²) in [4.78, 5) is 11.2. The molecule has 0 saturated carbocycles. The van der Waals surface area contributed by atoms with E-state index in [2.05, 4.69) is 0 Å². The van der Waals surface area contributed by atoms with Crippen molar-refractivity contribution in [3.8, 4) is 11.5 Å². The summed E-state index contributed by atoms with van der Waals surface area (Å²) < 4.78 is 10.7. The quantitative estimate of drug-likeness (QED) is 0.763. The monoisotopic (exact) mass is 256 g/mol. The van der Waals surface area contributed by atoms with Crippen molar-refractivity contribution in [3.63, 3.8) is 0 Å². The van der Waals surface area contributed by atoms with Crippen LogP contribution in [-0.4, -0.2) is 12.9 Å². The number of ketones is 1. The lowest BCUT2D eigenvalue weighted by Gasteiger charge is -2.07. The van der Waals surface area contributed by atoms with E-state index in [4.69, 9.17) is 9.47 Å². The van der Waals surface area contributed by atoms with Gasteiger partial charge in [0.1, 0.15) is 11.5 Å². The first kappa shape index (κ1) is 13.3. The van der Waals surface area contributed by atoms with Crippen LogP contribution in [0.1, 0.15) is 22.8 Å². The van der Waals surface area contributed by atoms with E-state index >= 15 is 0 Å². The number of hydrogen-bond acceptors (Lipinski definition) is 3. The molecule has 0 heterocycles. The highest BCUT2D eigenvalue weighted by Crippen LogP contribution is 2.22. The van der Waals surface area contributed by atoms with Gasteiger partial charge < -0.3 is 9.47 Å². The summed E-state index contributed by atoms with van der Waals surface area (Å²) in [5.41, 5.74) is 1.78. The summed E-state index contributed by atoms with van der Waals surface area (Å²) in [6, 6.07) is 14.8. The SMILES string of the molecule is COCc1ccc(Oc2ccc(C(C)=O)cc2)cc1. The van der Waals surface area contributed by atoms with Gasteiger partial charge >= 0.3 is 0 Å². The van der Waals surface area contributed by atoms with Crippen LogP contribution in [0.4, 0.5) is 0 Å². The number of Topliss-reactive ketones (excluding diaryl/α,β-unsaturated/α-hetero) is 1. The molecule has 0 aliphatic heterocycles. The predicted octanol–water partition coefficient (Wildman–Crippen LogP) is 3.83. The molecule has 0 atom stereocenters. The van der Waals surface area contributed by atoms with E-state index in [9.17, 15) is 4.79 Å². The van der Waals surface area contributed by atoms with Crippen LogP contribution in [0.15, 0.2) is 48.5 Å². The third-order valence-corrected chi connectivity index (χ3v) is 2.73. The molecule has 0 spiro atoms. The lowest BCUT2D eigenvalue weighted by Crippen LogP contribution is -1.92. The van der Waals surface area contributed by atoms with Gasteiger partial charge in [-0.3, -0.25) is 4.79 Å². The summed E-state index contributed by atoms with van der Waals surface area (Å²) in [6.07, 6.45) is 0. The summed E-state index contributed by atoms with van der Waals surface area (Å²) in [7, 11) is 1.67. The van der Waals surface area contributed by atoms with E-state index in [-0.39, 0.29) is 5.78 Å². The molecule has 0 bridgehead atoms. The van der Waals surface area contributed by atoms with Crippen molar-refractivity contribution < 1.29 is 14.3 Å². The molecule has 0 aromatic heterocycles. The van der Waals surface area contributed by atoms with Crippen LogP contribution >= 0.6 is 0 Å². The van der Waals surface area contributed by atoms with Crippen LogP contribution < -0.4 is 4.74 Å². The van der Waals surface area contributed by atoms with Crippen LogP contribution in [0.2, 0.25) is 0 Å². The Kier molecular flexibility index (Phi) is 4.31. The maximum Gasteiger partial charge on any atom is 0.159 e. The average molecular weight is 256 g/mol. The number of hydrogen-bond donors (Lipinski definition) is 0. The van der Waals surface area contributed by atoms with Gasteiger partial charge in [-0.2, -0.15) is 0 Å². The minimum Gasteiger partial charge on any atom is -0.457 e. The molecular formula is C16H16O3. The zero-order valence-electron chi connectivity index (χ0n) is 11.1. The third-order valence-electron chi connectivity index (χ3n) is 2.73. The largest absolute Gasteiger partial charge is 0.457 e. The number of carbonyl (C=O) groups is 1. The van der Waals surface area contributed by atoms with Crippen molar-refractivity contribution in [1.82, 2.24) is 0 Å². The Morgan fingerprint density at radius 1 is 0.947 bits per heavy atom. The summed E-state index contributed by atoms with van der Waals surface area (Å²) >= 11 is 0. The molecule has 0 N–H and O–H groups in total. The Hall–Kier alpha value is -2.13. The van der Waals surface area contributed by atoms with Gasteiger partial charge in [0.15, 0.2) is 5.78 Å². The minimum absolute atomic E-state index is 0.0514. The smallest absolute Gasteiger partial charge is 0.159 e. The number of benzene rings is 2. The van der Waals surface area contributed by atoms with E-state index in [1.807, 2.05) is 24.3 Å². The minimum atomic E-state index is 0.0514. The Morgan fingerprint density at radius 3 is 1.95 bits per heavy atom. The van der Waals surface area contributed by atoms with Gasteiger partial charge in [-0.1, -0.05) is 12.1 Å². The second kappa shape index (κ2) is 6.16. The van der Waals surface area contributed by atoms with E-state index in [0.717, 1.165) is 11.3 Å². The van der Waals surface area contributed by atoms with E-state index in [0.29, 0.717) is 17.9 Å². The molecule has 2 rings (SSSR count). The number of rotatable bonds is 5.